The average Bonchev–Trinajstić information content (AvgIpc) is 2.46. The molecule has 21 heavy (non-hydrogen) atoms. The maximum Gasteiger partial charge on any atom is 0.387 e. The van der Waals surface area contributed by atoms with Gasteiger partial charge in [0, 0.05) is 5.56 Å². The van der Waals surface area contributed by atoms with Gasteiger partial charge in [0.15, 0.2) is 5.78 Å². The molecule has 0 aliphatic carbocycles. The fraction of sp³-hybridized carbons (Fsp3) is 0.118. The summed E-state index contributed by atoms with van der Waals surface area (Å²) in [6.45, 7) is -0.909. The molecule has 0 amide bonds. The normalized spacial score (nSPS) is 11.0. The molecular formula is C17H14F2O2. The number of carbonyl (C=O) groups excluding carboxylic acids is 1. The van der Waals surface area contributed by atoms with E-state index in [4.69, 9.17) is 0 Å². The van der Waals surface area contributed by atoms with Crippen molar-refractivity contribution in [1.29, 1.82) is 0 Å². The molecule has 0 N–H and O–H groups in total. The Morgan fingerprint density at radius 2 is 1.76 bits per heavy atom. The van der Waals surface area contributed by atoms with Crippen LogP contribution in [-0.2, 0) is 0 Å². The molecule has 0 heterocycles. The van der Waals surface area contributed by atoms with Crippen LogP contribution in [0.25, 0.3) is 6.08 Å². The van der Waals surface area contributed by atoms with Gasteiger partial charge < -0.3 is 4.74 Å². The number of benzene rings is 2. The SMILES string of the molecule is Cc1ccccc1/C=C/C(=O)c1ccc(OC(F)F)cc1. The smallest absolute Gasteiger partial charge is 0.387 e. The second kappa shape index (κ2) is 6.79. The van der Waals surface area contributed by atoms with Gasteiger partial charge in [-0.2, -0.15) is 8.78 Å². The largest absolute Gasteiger partial charge is 0.435 e. The summed E-state index contributed by atoms with van der Waals surface area (Å²) >= 11 is 0. The van der Waals surface area contributed by atoms with E-state index in [9.17, 15) is 13.6 Å². The van der Waals surface area contributed by atoms with Gasteiger partial charge in [0.05, 0.1) is 0 Å². The van der Waals surface area contributed by atoms with Crippen molar-refractivity contribution in [3.05, 3.63) is 71.3 Å². The van der Waals surface area contributed by atoms with Crippen LogP contribution >= 0.6 is 0 Å². The van der Waals surface area contributed by atoms with Gasteiger partial charge in [-0.15, -0.1) is 0 Å². The first kappa shape index (κ1) is 14.9. The predicted molar refractivity (Wildman–Crippen MR) is 77.6 cm³/mol. The van der Waals surface area contributed by atoms with Crippen LogP contribution in [0.5, 0.6) is 5.75 Å². The Morgan fingerprint density at radius 3 is 2.38 bits per heavy atom. The Labute approximate surface area is 121 Å². The van der Waals surface area contributed by atoms with Gasteiger partial charge in [-0.25, -0.2) is 0 Å². The number of ketones is 1. The monoisotopic (exact) mass is 288 g/mol. The van der Waals surface area contributed by atoms with Crippen molar-refractivity contribution in [1.82, 2.24) is 0 Å². The van der Waals surface area contributed by atoms with Gasteiger partial charge in [0.1, 0.15) is 5.75 Å². The number of halogens is 2. The minimum atomic E-state index is -2.87. The van der Waals surface area contributed by atoms with Gasteiger partial charge in [-0.05, 0) is 48.4 Å². The lowest BCUT2D eigenvalue weighted by Gasteiger charge is -2.04. The van der Waals surface area contributed by atoms with Gasteiger partial charge in [-0.1, -0.05) is 30.3 Å². The molecule has 2 aromatic rings. The highest BCUT2D eigenvalue weighted by Crippen LogP contribution is 2.16. The second-order valence-corrected chi connectivity index (χ2v) is 4.46. The van der Waals surface area contributed by atoms with E-state index < -0.39 is 6.61 Å². The standard InChI is InChI=1S/C17H14F2O2/c1-12-4-2-3-5-13(12)8-11-16(20)14-6-9-15(10-7-14)21-17(18)19/h2-11,17H,1H3/b11-8+. The maximum atomic E-state index is 12.0. The van der Waals surface area contributed by atoms with Crippen LogP contribution < -0.4 is 4.74 Å². The molecule has 0 bridgehead atoms. The zero-order chi connectivity index (χ0) is 15.2. The van der Waals surface area contributed by atoms with Crippen LogP contribution in [0.3, 0.4) is 0 Å². The molecule has 2 aromatic carbocycles. The van der Waals surface area contributed by atoms with E-state index in [0.717, 1.165) is 11.1 Å². The number of alkyl halides is 2. The predicted octanol–water partition coefficient (Wildman–Crippen LogP) is 4.49. The van der Waals surface area contributed by atoms with E-state index in [1.165, 1.54) is 30.3 Å². The van der Waals surface area contributed by atoms with E-state index in [1.807, 2.05) is 31.2 Å². The number of hydrogen-bond acceptors (Lipinski definition) is 2. The van der Waals surface area contributed by atoms with Crippen molar-refractivity contribution in [2.45, 2.75) is 13.5 Å². The molecule has 0 fully saturated rings. The van der Waals surface area contributed by atoms with Crippen molar-refractivity contribution in [2.24, 2.45) is 0 Å². The highest BCUT2D eigenvalue weighted by atomic mass is 19.3. The van der Waals surface area contributed by atoms with Gasteiger partial charge >= 0.3 is 6.61 Å². The number of allylic oxidation sites excluding steroid dienone is 1. The number of hydrogen-bond donors (Lipinski definition) is 0. The van der Waals surface area contributed by atoms with Crippen LogP contribution in [-0.4, -0.2) is 12.4 Å². The third kappa shape index (κ3) is 4.24. The third-order valence-corrected chi connectivity index (χ3v) is 2.97. The fourth-order valence-electron chi connectivity index (χ4n) is 1.84. The molecule has 0 aliphatic rings. The highest BCUT2D eigenvalue weighted by molar-refractivity contribution is 6.06. The van der Waals surface area contributed by atoms with E-state index >= 15 is 0 Å². The van der Waals surface area contributed by atoms with Gasteiger partial charge in [-0.3, -0.25) is 4.79 Å². The molecule has 0 spiro atoms. The Balaban J connectivity index is 2.08. The Kier molecular flexibility index (Phi) is 4.82. The first-order valence-electron chi connectivity index (χ1n) is 6.39. The molecule has 0 aliphatic heterocycles. The number of ether oxygens (including phenoxy) is 1. The van der Waals surface area contributed by atoms with Crippen LogP contribution in [0, 0.1) is 6.92 Å². The van der Waals surface area contributed by atoms with E-state index in [2.05, 4.69) is 4.74 Å². The van der Waals surface area contributed by atoms with E-state index in [-0.39, 0.29) is 11.5 Å². The van der Waals surface area contributed by atoms with E-state index in [0.29, 0.717) is 5.56 Å². The average molecular weight is 288 g/mol. The molecule has 0 radical (unpaired) electrons. The first-order chi connectivity index (χ1) is 10.1. The van der Waals surface area contributed by atoms with Gasteiger partial charge in [0.25, 0.3) is 0 Å². The van der Waals surface area contributed by atoms with Gasteiger partial charge in [0.2, 0.25) is 0 Å². The molecular weight excluding hydrogens is 274 g/mol. The molecule has 4 heteroatoms. The Morgan fingerprint density at radius 1 is 1.10 bits per heavy atom. The van der Waals surface area contributed by atoms with Crippen molar-refractivity contribution in [2.75, 3.05) is 0 Å². The molecule has 2 nitrogen and oxygen atoms in total. The Hall–Kier alpha value is -2.49. The van der Waals surface area contributed by atoms with E-state index in [1.54, 1.807) is 6.08 Å². The number of rotatable bonds is 5. The summed E-state index contributed by atoms with van der Waals surface area (Å²) in [5.41, 5.74) is 2.45. The zero-order valence-corrected chi connectivity index (χ0v) is 11.4. The zero-order valence-electron chi connectivity index (χ0n) is 11.4. The molecule has 108 valence electrons. The molecule has 0 unspecified atom stereocenters. The summed E-state index contributed by atoms with van der Waals surface area (Å²) in [6, 6.07) is 13.3. The van der Waals surface area contributed by atoms with Crippen molar-refractivity contribution < 1.29 is 18.3 Å². The molecule has 0 atom stereocenters. The van der Waals surface area contributed by atoms with Crippen LogP contribution in [0.2, 0.25) is 0 Å². The van der Waals surface area contributed by atoms with Crippen molar-refractivity contribution in [3.8, 4) is 5.75 Å². The minimum absolute atomic E-state index is 0.0319. The first-order valence-corrected chi connectivity index (χ1v) is 6.39. The molecule has 2 rings (SSSR count). The quantitative estimate of drug-likeness (QED) is 0.598. The lowest BCUT2D eigenvalue weighted by Crippen LogP contribution is -2.02. The molecule has 0 aromatic heterocycles. The number of aryl methyl sites for hydroxylation is 1. The topological polar surface area (TPSA) is 26.3 Å². The lowest BCUT2D eigenvalue weighted by atomic mass is 10.1. The van der Waals surface area contributed by atoms with Crippen LogP contribution in [0.15, 0.2) is 54.6 Å². The summed E-state index contributed by atoms with van der Waals surface area (Å²) in [6.07, 6.45) is 3.20. The summed E-state index contributed by atoms with van der Waals surface area (Å²) in [5, 5.41) is 0. The highest BCUT2D eigenvalue weighted by Gasteiger charge is 2.06. The second-order valence-electron chi connectivity index (χ2n) is 4.46. The third-order valence-electron chi connectivity index (χ3n) is 2.97. The molecule has 0 saturated heterocycles. The minimum Gasteiger partial charge on any atom is -0.435 e. The fourth-order valence-corrected chi connectivity index (χ4v) is 1.84. The number of carbonyl (C=O) groups is 1. The summed E-state index contributed by atoms with van der Waals surface area (Å²) in [5.74, 6) is -0.161. The summed E-state index contributed by atoms with van der Waals surface area (Å²) < 4.78 is 28.3. The van der Waals surface area contributed by atoms with Crippen molar-refractivity contribution in [3.63, 3.8) is 0 Å². The Bertz CT molecular complexity index is 646. The van der Waals surface area contributed by atoms with Crippen LogP contribution in [0.1, 0.15) is 21.5 Å². The van der Waals surface area contributed by atoms with Crippen molar-refractivity contribution >= 4 is 11.9 Å². The summed E-state index contributed by atoms with van der Waals surface area (Å²) in [7, 11) is 0. The summed E-state index contributed by atoms with van der Waals surface area (Å²) in [4.78, 5) is 12.0. The lowest BCUT2D eigenvalue weighted by molar-refractivity contribution is -0.0498. The molecule has 0 saturated carbocycles. The van der Waals surface area contributed by atoms with Crippen LogP contribution in [0.4, 0.5) is 8.78 Å². The maximum absolute atomic E-state index is 12.0.